The topological polar surface area (TPSA) is 76.4 Å². The van der Waals surface area contributed by atoms with Gasteiger partial charge in [0.2, 0.25) is 0 Å². The molecule has 2 rings (SSSR count). The third kappa shape index (κ3) is 1.47. The van der Waals surface area contributed by atoms with Crippen LogP contribution in [0.4, 0.5) is 0 Å². The number of aliphatic hydroxyl groups is 1. The van der Waals surface area contributed by atoms with Gasteiger partial charge in [-0.25, -0.2) is 9.50 Å². The minimum atomic E-state index is -0.0592. The van der Waals surface area contributed by atoms with Crippen LogP contribution in [0.2, 0.25) is 0 Å². The summed E-state index contributed by atoms with van der Waals surface area (Å²) in [5.74, 6) is -0.0592. The zero-order valence-corrected chi connectivity index (χ0v) is 7.67. The van der Waals surface area contributed by atoms with Crippen LogP contribution in [0, 0.1) is 0 Å². The fourth-order valence-electron chi connectivity index (χ4n) is 1.35. The van der Waals surface area contributed by atoms with E-state index >= 15 is 0 Å². The van der Waals surface area contributed by atoms with E-state index < -0.39 is 0 Å². The van der Waals surface area contributed by atoms with Crippen LogP contribution in [0.15, 0.2) is 24.7 Å². The second-order valence-corrected chi connectivity index (χ2v) is 3.14. The molecule has 0 fully saturated rings. The Labute approximate surface area is 81.2 Å². The van der Waals surface area contributed by atoms with E-state index in [4.69, 9.17) is 10.8 Å². The summed E-state index contributed by atoms with van der Waals surface area (Å²) < 4.78 is 1.67. The van der Waals surface area contributed by atoms with E-state index in [0.29, 0.717) is 6.54 Å². The first kappa shape index (κ1) is 9.11. The highest BCUT2D eigenvalue weighted by Crippen LogP contribution is 2.12. The van der Waals surface area contributed by atoms with E-state index in [9.17, 15) is 0 Å². The molecule has 0 aliphatic heterocycles. The molecule has 3 N–H and O–H groups in total. The summed E-state index contributed by atoms with van der Waals surface area (Å²) in [6, 6.07) is 1.82. The second-order valence-electron chi connectivity index (χ2n) is 3.14. The van der Waals surface area contributed by atoms with E-state index in [1.165, 1.54) is 0 Å². The highest BCUT2D eigenvalue weighted by Gasteiger charge is 2.09. The molecule has 0 saturated carbocycles. The van der Waals surface area contributed by atoms with E-state index in [2.05, 4.69) is 10.1 Å². The van der Waals surface area contributed by atoms with Gasteiger partial charge in [0.25, 0.3) is 0 Å². The summed E-state index contributed by atoms with van der Waals surface area (Å²) in [6.45, 7) is 0.440. The molecule has 74 valence electrons. The first-order valence-electron chi connectivity index (χ1n) is 4.45. The molecular formula is C9H12N4O. The summed E-state index contributed by atoms with van der Waals surface area (Å²) in [4.78, 5) is 4.19. The SMILES string of the molecule is NCC(CO)c1cnc2ccnn2c1. The molecule has 0 spiro atoms. The van der Waals surface area contributed by atoms with E-state index in [1.54, 1.807) is 16.9 Å². The highest BCUT2D eigenvalue weighted by atomic mass is 16.3. The van der Waals surface area contributed by atoms with Gasteiger partial charge in [0.05, 0.1) is 12.8 Å². The predicted octanol–water partition coefficient (Wildman–Crippen LogP) is -0.236. The fourth-order valence-corrected chi connectivity index (χ4v) is 1.35. The first-order chi connectivity index (χ1) is 6.85. The lowest BCUT2D eigenvalue weighted by Crippen LogP contribution is -2.16. The van der Waals surface area contributed by atoms with Crippen LogP contribution in [0.3, 0.4) is 0 Å². The van der Waals surface area contributed by atoms with Crippen LogP contribution in [0.1, 0.15) is 11.5 Å². The van der Waals surface area contributed by atoms with Crippen LogP contribution >= 0.6 is 0 Å². The molecule has 0 aliphatic carbocycles. The van der Waals surface area contributed by atoms with Gasteiger partial charge in [-0.2, -0.15) is 5.10 Å². The quantitative estimate of drug-likeness (QED) is 0.704. The maximum Gasteiger partial charge on any atom is 0.154 e. The van der Waals surface area contributed by atoms with Crippen molar-refractivity contribution in [3.8, 4) is 0 Å². The summed E-state index contributed by atoms with van der Waals surface area (Å²) in [5.41, 5.74) is 7.22. The maximum absolute atomic E-state index is 9.06. The van der Waals surface area contributed by atoms with E-state index in [0.717, 1.165) is 11.2 Å². The molecule has 1 atom stereocenters. The molecular weight excluding hydrogens is 180 g/mol. The van der Waals surface area contributed by atoms with Crippen LogP contribution < -0.4 is 5.73 Å². The predicted molar refractivity (Wildman–Crippen MR) is 51.9 cm³/mol. The Hall–Kier alpha value is -1.46. The van der Waals surface area contributed by atoms with Crippen molar-refractivity contribution in [2.24, 2.45) is 5.73 Å². The minimum absolute atomic E-state index is 0.0327. The van der Waals surface area contributed by atoms with Crippen molar-refractivity contribution in [3.63, 3.8) is 0 Å². The Kier molecular flexibility index (Phi) is 2.43. The average Bonchev–Trinajstić information content (AvgIpc) is 2.66. The van der Waals surface area contributed by atoms with Crippen LogP contribution in [0.25, 0.3) is 5.65 Å². The number of rotatable bonds is 3. The van der Waals surface area contributed by atoms with Gasteiger partial charge in [0.15, 0.2) is 5.65 Å². The molecule has 0 bridgehead atoms. The molecule has 1 unspecified atom stereocenters. The van der Waals surface area contributed by atoms with Crippen LogP contribution in [-0.2, 0) is 0 Å². The number of aromatic nitrogens is 3. The molecule has 2 aromatic rings. The van der Waals surface area contributed by atoms with Crippen LogP contribution in [-0.4, -0.2) is 32.9 Å². The number of nitrogens with two attached hydrogens (primary N) is 1. The Morgan fingerprint density at radius 2 is 2.43 bits per heavy atom. The standard InChI is InChI=1S/C9H12N4O/c10-3-7(6-14)8-4-11-9-1-2-12-13(9)5-8/h1-2,4-5,7,14H,3,6,10H2. The van der Waals surface area contributed by atoms with Crippen molar-refractivity contribution in [2.75, 3.05) is 13.2 Å². The van der Waals surface area contributed by atoms with E-state index in [1.807, 2.05) is 12.3 Å². The molecule has 0 aromatic carbocycles. The van der Waals surface area contributed by atoms with Crippen molar-refractivity contribution in [3.05, 3.63) is 30.2 Å². The molecule has 5 nitrogen and oxygen atoms in total. The second kappa shape index (κ2) is 3.73. The summed E-state index contributed by atoms with van der Waals surface area (Å²) >= 11 is 0. The normalized spacial score (nSPS) is 13.3. The fraction of sp³-hybridized carbons (Fsp3) is 0.333. The zero-order chi connectivity index (χ0) is 9.97. The Balaban J connectivity index is 2.42. The Bertz CT molecular complexity index is 421. The van der Waals surface area contributed by atoms with Crippen LogP contribution in [0.5, 0.6) is 0 Å². The van der Waals surface area contributed by atoms with E-state index in [-0.39, 0.29) is 12.5 Å². The third-order valence-corrected chi connectivity index (χ3v) is 2.24. The number of nitrogens with zero attached hydrogens (tertiary/aromatic N) is 3. The summed E-state index contributed by atoms with van der Waals surface area (Å²) in [5, 5.41) is 13.1. The molecule has 0 radical (unpaired) electrons. The van der Waals surface area contributed by atoms with Gasteiger partial charge in [-0.05, 0) is 5.56 Å². The molecule has 0 aliphatic rings. The summed E-state index contributed by atoms with van der Waals surface area (Å²) in [7, 11) is 0. The maximum atomic E-state index is 9.06. The molecule has 0 saturated heterocycles. The Morgan fingerprint density at radius 3 is 3.14 bits per heavy atom. The number of hydrogen-bond donors (Lipinski definition) is 2. The van der Waals surface area contributed by atoms with Crippen molar-refractivity contribution >= 4 is 5.65 Å². The lowest BCUT2D eigenvalue weighted by molar-refractivity contribution is 0.267. The van der Waals surface area contributed by atoms with Crippen molar-refractivity contribution < 1.29 is 5.11 Å². The van der Waals surface area contributed by atoms with Gasteiger partial charge in [0, 0.05) is 30.9 Å². The van der Waals surface area contributed by atoms with Crippen molar-refractivity contribution in [1.82, 2.24) is 14.6 Å². The van der Waals surface area contributed by atoms with Gasteiger partial charge in [-0.1, -0.05) is 0 Å². The molecule has 2 aromatic heterocycles. The van der Waals surface area contributed by atoms with Gasteiger partial charge in [-0.15, -0.1) is 0 Å². The monoisotopic (exact) mass is 192 g/mol. The largest absolute Gasteiger partial charge is 0.396 e. The van der Waals surface area contributed by atoms with Gasteiger partial charge < -0.3 is 10.8 Å². The molecule has 2 heterocycles. The molecule has 5 heteroatoms. The highest BCUT2D eigenvalue weighted by molar-refractivity contribution is 5.36. The minimum Gasteiger partial charge on any atom is -0.396 e. The molecule has 0 amide bonds. The van der Waals surface area contributed by atoms with Gasteiger partial charge in [0.1, 0.15) is 0 Å². The number of aliphatic hydroxyl groups excluding tert-OH is 1. The lowest BCUT2D eigenvalue weighted by Gasteiger charge is -2.10. The van der Waals surface area contributed by atoms with Gasteiger partial charge in [-0.3, -0.25) is 0 Å². The number of fused-ring (bicyclic) bond motifs is 1. The van der Waals surface area contributed by atoms with Crippen molar-refractivity contribution in [1.29, 1.82) is 0 Å². The first-order valence-corrected chi connectivity index (χ1v) is 4.45. The zero-order valence-electron chi connectivity index (χ0n) is 7.67. The number of hydrogen-bond acceptors (Lipinski definition) is 4. The third-order valence-electron chi connectivity index (χ3n) is 2.24. The lowest BCUT2D eigenvalue weighted by atomic mass is 10.0. The average molecular weight is 192 g/mol. The molecule has 14 heavy (non-hydrogen) atoms. The van der Waals surface area contributed by atoms with Gasteiger partial charge >= 0.3 is 0 Å². The summed E-state index contributed by atoms with van der Waals surface area (Å²) in [6.07, 6.45) is 5.25. The Morgan fingerprint density at radius 1 is 1.57 bits per heavy atom. The smallest absolute Gasteiger partial charge is 0.154 e. The van der Waals surface area contributed by atoms with Crippen molar-refractivity contribution in [2.45, 2.75) is 5.92 Å².